The standard InChI is InChI=1S/C21H30N6O/c1-17(2)16-28-19-7-4-6-18(14-19)15-25-20(22-3)26-10-12-27(13-11-26)21-23-8-5-9-24-21/h4-9,14,17H,10-13,15-16H2,1-3H3,(H,22,25). The molecule has 1 aromatic carbocycles. The molecule has 2 heterocycles. The normalized spacial score (nSPS) is 15.1. The molecule has 1 aliphatic heterocycles. The van der Waals surface area contributed by atoms with Crippen LogP contribution >= 0.6 is 0 Å². The van der Waals surface area contributed by atoms with Gasteiger partial charge in [-0.3, -0.25) is 4.99 Å². The predicted molar refractivity (Wildman–Crippen MR) is 113 cm³/mol. The third kappa shape index (κ3) is 5.58. The first kappa shape index (κ1) is 19.9. The number of nitrogens with zero attached hydrogens (tertiary/aromatic N) is 5. The Morgan fingerprint density at radius 3 is 2.57 bits per heavy atom. The average Bonchev–Trinajstić information content (AvgIpc) is 2.74. The largest absolute Gasteiger partial charge is 0.493 e. The van der Waals surface area contributed by atoms with Crippen molar-refractivity contribution in [2.45, 2.75) is 20.4 Å². The van der Waals surface area contributed by atoms with Crippen LogP contribution in [0.25, 0.3) is 0 Å². The summed E-state index contributed by atoms with van der Waals surface area (Å²) < 4.78 is 5.83. The quantitative estimate of drug-likeness (QED) is 0.611. The molecule has 28 heavy (non-hydrogen) atoms. The van der Waals surface area contributed by atoms with E-state index in [1.807, 2.05) is 25.2 Å². The van der Waals surface area contributed by atoms with E-state index in [-0.39, 0.29) is 0 Å². The Balaban J connectivity index is 1.51. The summed E-state index contributed by atoms with van der Waals surface area (Å²) in [4.78, 5) is 17.6. The summed E-state index contributed by atoms with van der Waals surface area (Å²) in [5, 5.41) is 3.47. The number of piperazine rings is 1. The lowest BCUT2D eigenvalue weighted by molar-refractivity contribution is 0.271. The van der Waals surface area contributed by atoms with Gasteiger partial charge in [-0.25, -0.2) is 9.97 Å². The Labute approximate surface area is 167 Å². The number of hydrogen-bond donors (Lipinski definition) is 1. The minimum absolute atomic E-state index is 0.514. The van der Waals surface area contributed by atoms with Crippen LogP contribution in [0.5, 0.6) is 5.75 Å². The first-order chi connectivity index (χ1) is 13.7. The van der Waals surface area contributed by atoms with Crippen molar-refractivity contribution in [3.05, 3.63) is 48.3 Å². The Bertz CT molecular complexity index is 757. The van der Waals surface area contributed by atoms with Crippen LogP contribution in [-0.4, -0.2) is 60.7 Å². The number of hydrogen-bond acceptors (Lipinski definition) is 5. The molecule has 0 spiro atoms. The fraction of sp³-hybridized carbons (Fsp3) is 0.476. The van der Waals surface area contributed by atoms with Gasteiger partial charge in [0.25, 0.3) is 0 Å². The highest BCUT2D eigenvalue weighted by molar-refractivity contribution is 5.80. The molecule has 0 atom stereocenters. The molecule has 1 saturated heterocycles. The Hall–Kier alpha value is -2.83. The number of aliphatic imine (C=N–C) groups is 1. The molecule has 1 aromatic heterocycles. The molecule has 0 bridgehead atoms. The number of benzene rings is 1. The smallest absolute Gasteiger partial charge is 0.225 e. The van der Waals surface area contributed by atoms with Gasteiger partial charge in [0.15, 0.2) is 5.96 Å². The molecule has 0 amide bonds. The number of nitrogens with one attached hydrogen (secondary N) is 1. The van der Waals surface area contributed by atoms with Crippen molar-refractivity contribution in [2.24, 2.45) is 10.9 Å². The second-order valence-corrected chi connectivity index (χ2v) is 7.28. The number of ether oxygens (including phenoxy) is 1. The maximum absolute atomic E-state index is 5.83. The molecule has 7 nitrogen and oxygen atoms in total. The number of anilines is 1. The zero-order chi connectivity index (χ0) is 19.8. The van der Waals surface area contributed by atoms with Gasteiger partial charge in [0, 0.05) is 52.2 Å². The second kappa shape index (κ2) is 9.92. The summed E-state index contributed by atoms with van der Waals surface area (Å²) in [5.41, 5.74) is 1.18. The van der Waals surface area contributed by atoms with Crippen LogP contribution in [0.2, 0.25) is 0 Å². The number of rotatable bonds is 6. The Morgan fingerprint density at radius 2 is 1.89 bits per heavy atom. The Morgan fingerprint density at radius 1 is 1.14 bits per heavy atom. The summed E-state index contributed by atoms with van der Waals surface area (Å²) in [5.74, 6) is 3.14. The molecule has 2 aromatic rings. The first-order valence-corrected chi connectivity index (χ1v) is 9.85. The van der Waals surface area contributed by atoms with E-state index in [9.17, 15) is 0 Å². The highest BCUT2D eigenvalue weighted by Crippen LogP contribution is 2.15. The lowest BCUT2D eigenvalue weighted by atomic mass is 10.2. The van der Waals surface area contributed by atoms with Crippen molar-refractivity contribution in [1.82, 2.24) is 20.2 Å². The van der Waals surface area contributed by atoms with E-state index in [0.29, 0.717) is 12.5 Å². The summed E-state index contributed by atoms with van der Waals surface area (Å²) >= 11 is 0. The lowest BCUT2D eigenvalue weighted by Crippen LogP contribution is -2.52. The maximum Gasteiger partial charge on any atom is 0.225 e. The molecular weight excluding hydrogens is 352 g/mol. The van der Waals surface area contributed by atoms with Gasteiger partial charge in [-0.15, -0.1) is 0 Å². The lowest BCUT2D eigenvalue weighted by Gasteiger charge is -2.36. The molecule has 3 rings (SSSR count). The van der Waals surface area contributed by atoms with Crippen LogP contribution in [0.3, 0.4) is 0 Å². The topological polar surface area (TPSA) is 65.9 Å². The van der Waals surface area contributed by atoms with Gasteiger partial charge >= 0.3 is 0 Å². The summed E-state index contributed by atoms with van der Waals surface area (Å²) in [7, 11) is 1.83. The zero-order valence-corrected chi connectivity index (χ0v) is 17.0. The van der Waals surface area contributed by atoms with Crippen LogP contribution in [0.15, 0.2) is 47.7 Å². The Kier molecular flexibility index (Phi) is 7.06. The van der Waals surface area contributed by atoms with Crippen molar-refractivity contribution in [3.8, 4) is 5.75 Å². The van der Waals surface area contributed by atoms with Crippen molar-refractivity contribution in [1.29, 1.82) is 0 Å². The summed E-state index contributed by atoms with van der Waals surface area (Å²) in [6.45, 7) is 9.27. The third-order valence-corrected chi connectivity index (χ3v) is 4.56. The molecule has 150 valence electrons. The molecule has 0 aliphatic carbocycles. The molecule has 1 fully saturated rings. The van der Waals surface area contributed by atoms with E-state index >= 15 is 0 Å². The summed E-state index contributed by atoms with van der Waals surface area (Å²) in [6.07, 6.45) is 3.57. The van der Waals surface area contributed by atoms with Gasteiger partial charge in [-0.05, 0) is 29.7 Å². The fourth-order valence-electron chi connectivity index (χ4n) is 3.09. The van der Waals surface area contributed by atoms with Crippen LogP contribution < -0.4 is 15.0 Å². The van der Waals surface area contributed by atoms with Gasteiger partial charge in [-0.1, -0.05) is 26.0 Å². The highest BCUT2D eigenvalue weighted by Gasteiger charge is 2.20. The van der Waals surface area contributed by atoms with Gasteiger partial charge in [0.1, 0.15) is 5.75 Å². The first-order valence-electron chi connectivity index (χ1n) is 9.85. The van der Waals surface area contributed by atoms with E-state index in [1.54, 1.807) is 12.4 Å². The number of guanidine groups is 1. The average molecular weight is 383 g/mol. The van der Waals surface area contributed by atoms with Crippen LogP contribution in [0, 0.1) is 5.92 Å². The van der Waals surface area contributed by atoms with Crippen LogP contribution in [0.4, 0.5) is 5.95 Å². The van der Waals surface area contributed by atoms with Crippen molar-refractivity contribution in [2.75, 3.05) is 44.7 Å². The molecule has 7 heteroatoms. The van der Waals surface area contributed by atoms with E-state index in [1.165, 1.54) is 5.56 Å². The van der Waals surface area contributed by atoms with E-state index in [4.69, 9.17) is 4.74 Å². The molecule has 1 N–H and O–H groups in total. The molecule has 0 unspecified atom stereocenters. The van der Waals surface area contributed by atoms with Crippen molar-refractivity contribution in [3.63, 3.8) is 0 Å². The van der Waals surface area contributed by atoms with Gasteiger partial charge in [-0.2, -0.15) is 0 Å². The second-order valence-electron chi connectivity index (χ2n) is 7.28. The van der Waals surface area contributed by atoms with Crippen molar-refractivity contribution >= 4 is 11.9 Å². The summed E-state index contributed by atoms with van der Waals surface area (Å²) in [6, 6.07) is 10.1. The maximum atomic E-state index is 5.83. The number of aromatic nitrogens is 2. The predicted octanol–water partition coefficient (Wildman–Crippen LogP) is 2.41. The van der Waals surface area contributed by atoms with E-state index in [0.717, 1.165) is 50.4 Å². The monoisotopic (exact) mass is 382 g/mol. The van der Waals surface area contributed by atoms with Gasteiger partial charge < -0.3 is 19.9 Å². The third-order valence-electron chi connectivity index (χ3n) is 4.56. The van der Waals surface area contributed by atoms with Gasteiger partial charge in [0.05, 0.1) is 6.61 Å². The van der Waals surface area contributed by atoms with E-state index in [2.05, 4.69) is 56.1 Å². The SMILES string of the molecule is CN=C(NCc1cccc(OCC(C)C)c1)N1CCN(c2ncccn2)CC1. The molecule has 1 aliphatic rings. The molecule has 0 saturated carbocycles. The highest BCUT2D eigenvalue weighted by atomic mass is 16.5. The zero-order valence-electron chi connectivity index (χ0n) is 17.0. The van der Waals surface area contributed by atoms with Crippen molar-refractivity contribution < 1.29 is 4.74 Å². The van der Waals surface area contributed by atoms with Crippen LogP contribution in [-0.2, 0) is 6.54 Å². The minimum atomic E-state index is 0.514. The van der Waals surface area contributed by atoms with Gasteiger partial charge in [0.2, 0.25) is 5.95 Å². The molecular formula is C21H30N6O. The molecule has 0 radical (unpaired) electrons. The minimum Gasteiger partial charge on any atom is -0.493 e. The van der Waals surface area contributed by atoms with Crippen LogP contribution in [0.1, 0.15) is 19.4 Å². The van der Waals surface area contributed by atoms with E-state index < -0.39 is 0 Å². The fourth-order valence-corrected chi connectivity index (χ4v) is 3.09.